The number of ether oxygens (including phenoxy) is 1. The van der Waals surface area contributed by atoms with Crippen LogP contribution in [-0.4, -0.2) is 34.4 Å². The highest BCUT2D eigenvalue weighted by atomic mass is 35.5. The normalized spacial score (nSPS) is 11.3. The molecule has 0 aliphatic heterocycles. The third-order valence-corrected chi connectivity index (χ3v) is 4.38. The van der Waals surface area contributed by atoms with Gasteiger partial charge in [0.1, 0.15) is 12.4 Å². The van der Waals surface area contributed by atoms with E-state index in [2.05, 4.69) is 9.97 Å². The average Bonchev–Trinajstić information content (AvgIpc) is 3.12. The number of nitrogens with one attached hydrogen (secondary N) is 1. The molecule has 8 heteroatoms. The van der Waals surface area contributed by atoms with Crippen molar-refractivity contribution in [1.29, 1.82) is 0 Å². The molecule has 1 aromatic carbocycles. The Morgan fingerprint density at radius 1 is 1.46 bits per heavy atom. The Kier molecular flexibility index (Phi) is 5.03. The minimum atomic E-state index is -0.352. The number of thiazole rings is 1. The molecule has 0 aliphatic carbocycles. The second-order valence-corrected chi connectivity index (χ2v) is 6.70. The van der Waals surface area contributed by atoms with Crippen molar-refractivity contribution < 1.29 is 9.53 Å². The number of hydrogen-bond acceptors (Lipinski definition) is 5. The number of primary amides is 1. The van der Waals surface area contributed by atoms with Crippen molar-refractivity contribution in [3.05, 3.63) is 45.5 Å². The predicted molar refractivity (Wildman–Crippen MR) is 95.3 cm³/mol. The number of likely N-dealkylation sites (N-methyl/N-ethyl adjacent to an activating group) is 1. The molecule has 0 fully saturated rings. The second-order valence-electron chi connectivity index (χ2n) is 5.57. The van der Waals surface area contributed by atoms with Gasteiger partial charge in [0.05, 0.1) is 22.8 Å². The van der Waals surface area contributed by atoms with Crippen LogP contribution in [0, 0.1) is 0 Å². The number of H-pyrrole nitrogens is 1. The van der Waals surface area contributed by atoms with Crippen LogP contribution in [0.25, 0.3) is 10.9 Å². The SMILES string of the molecule is CN(CC(N)=O)Cc1cc2cc(Cl)c(OCc3cscn3)cc2[nH]1. The van der Waals surface area contributed by atoms with E-state index in [4.69, 9.17) is 22.1 Å². The van der Waals surface area contributed by atoms with Gasteiger partial charge in [0.25, 0.3) is 0 Å². The summed E-state index contributed by atoms with van der Waals surface area (Å²) in [5.41, 5.74) is 9.74. The van der Waals surface area contributed by atoms with Gasteiger partial charge in [-0.1, -0.05) is 11.6 Å². The number of benzene rings is 1. The molecule has 3 rings (SSSR count). The molecule has 2 heterocycles. The first-order chi connectivity index (χ1) is 11.5. The molecular formula is C16H17ClN4O2S. The van der Waals surface area contributed by atoms with Gasteiger partial charge < -0.3 is 15.5 Å². The van der Waals surface area contributed by atoms with Crippen LogP contribution in [-0.2, 0) is 17.9 Å². The standard InChI is InChI=1S/C16H17ClN4O2S/c1-21(6-16(18)22)5-11-2-10-3-13(17)15(4-14(10)20-11)23-7-12-8-24-9-19-12/h2-4,8-9,20H,5-7H2,1H3,(H2,18,22). The summed E-state index contributed by atoms with van der Waals surface area (Å²) in [4.78, 5) is 20.3. The lowest BCUT2D eigenvalue weighted by atomic mass is 10.2. The number of hydrogen-bond donors (Lipinski definition) is 2. The summed E-state index contributed by atoms with van der Waals surface area (Å²) in [7, 11) is 1.84. The van der Waals surface area contributed by atoms with Crippen LogP contribution in [0.5, 0.6) is 5.75 Å². The number of carbonyl (C=O) groups excluding carboxylic acids is 1. The Hall–Kier alpha value is -2.09. The lowest BCUT2D eigenvalue weighted by Gasteiger charge is -2.12. The molecule has 0 radical (unpaired) electrons. The van der Waals surface area contributed by atoms with E-state index in [0.29, 0.717) is 23.9 Å². The minimum absolute atomic E-state index is 0.206. The van der Waals surface area contributed by atoms with Gasteiger partial charge in [0.15, 0.2) is 0 Å². The summed E-state index contributed by atoms with van der Waals surface area (Å²) >= 11 is 7.83. The zero-order chi connectivity index (χ0) is 17.1. The van der Waals surface area contributed by atoms with Gasteiger partial charge in [-0.2, -0.15) is 0 Å². The van der Waals surface area contributed by atoms with Gasteiger partial charge in [-0.25, -0.2) is 4.98 Å². The number of aromatic nitrogens is 2. The number of rotatable bonds is 7. The van der Waals surface area contributed by atoms with Gasteiger partial charge >= 0.3 is 0 Å². The molecule has 0 bridgehead atoms. The van der Waals surface area contributed by atoms with Crippen LogP contribution in [0.3, 0.4) is 0 Å². The Balaban J connectivity index is 1.75. The molecule has 3 aromatic rings. The van der Waals surface area contributed by atoms with Crippen LogP contribution in [0.4, 0.5) is 0 Å². The number of halogens is 1. The quantitative estimate of drug-likeness (QED) is 0.675. The van der Waals surface area contributed by atoms with E-state index in [1.165, 1.54) is 11.3 Å². The molecule has 0 aliphatic rings. The fourth-order valence-electron chi connectivity index (χ4n) is 2.46. The van der Waals surface area contributed by atoms with Crippen molar-refractivity contribution in [3.63, 3.8) is 0 Å². The highest BCUT2D eigenvalue weighted by Crippen LogP contribution is 2.31. The Bertz CT molecular complexity index is 847. The molecule has 126 valence electrons. The fraction of sp³-hybridized carbons (Fsp3) is 0.250. The van der Waals surface area contributed by atoms with Crippen molar-refractivity contribution in [2.75, 3.05) is 13.6 Å². The molecule has 6 nitrogen and oxygen atoms in total. The fourth-order valence-corrected chi connectivity index (χ4v) is 3.23. The van der Waals surface area contributed by atoms with E-state index in [9.17, 15) is 4.79 Å². The van der Waals surface area contributed by atoms with Gasteiger partial charge in [-0.15, -0.1) is 11.3 Å². The first kappa shape index (κ1) is 16.8. The van der Waals surface area contributed by atoms with Crippen LogP contribution in [0.1, 0.15) is 11.4 Å². The van der Waals surface area contributed by atoms with Crippen molar-refractivity contribution in [2.24, 2.45) is 5.73 Å². The predicted octanol–water partition coefficient (Wildman–Crippen LogP) is 2.77. The maximum absolute atomic E-state index is 11.0. The van der Waals surface area contributed by atoms with Crippen LogP contribution < -0.4 is 10.5 Å². The number of aromatic amines is 1. The van der Waals surface area contributed by atoms with E-state index in [1.54, 1.807) is 5.51 Å². The molecule has 0 saturated heterocycles. The van der Waals surface area contributed by atoms with Crippen molar-refractivity contribution in [3.8, 4) is 5.75 Å². The number of nitrogens with two attached hydrogens (primary N) is 1. The van der Waals surface area contributed by atoms with Gasteiger partial charge in [-0.05, 0) is 19.2 Å². The maximum atomic E-state index is 11.0. The van der Waals surface area contributed by atoms with Crippen molar-refractivity contribution in [2.45, 2.75) is 13.2 Å². The van der Waals surface area contributed by atoms with Gasteiger partial charge in [-0.3, -0.25) is 9.69 Å². The second kappa shape index (κ2) is 7.21. The van der Waals surface area contributed by atoms with E-state index in [1.807, 2.05) is 35.5 Å². The summed E-state index contributed by atoms with van der Waals surface area (Å²) in [6, 6.07) is 5.74. The van der Waals surface area contributed by atoms with Crippen molar-refractivity contribution >= 4 is 39.7 Å². The Morgan fingerprint density at radius 2 is 2.29 bits per heavy atom. The molecule has 24 heavy (non-hydrogen) atoms. The molecule has 0 unspecified atom stereocenters. The minimum Gasteiger partial charge on any atom is -0.486 e. The highest BCUT2D eigenvalue weighted by Gasteiger charge is 2.10. The highest BCUT2D eigenvalue weighted by molar-refractivity contribution is 7.07. The van der Waals surface area contributed by atoms with Crippen LogP contribution >= 0.6 is 22.9 Å². The summed E-state index contributed by atoms with van der Waals surface area (Å²) < 4.78 is 5.75. The molecule has 2 aromatic heterocycles. The third kappa shape index (κ3) is 4.05. The summed E-state index contributed by atoms with van der Waals surface area (Å²) in [6.45, 7) is 1.17. The Labute approximate surface area is 148 Å². The number of amides is 1. The van der Waals surface area contributed by atoms with E-state index in [0.717, 1.165) is 22.3 Å². The van der Waals surface area contributed by atoms with Gasteiger partial charge in [0.2, 0.25) is 5.91 Å². The molecule has 3 N–H and O–H groups in total. The zero-order valence-electron chi connectivity index (χ0n) is 13.1. The molecular weight excluding hydrogens is 348 g/mol. The molecule has 0 atom stereocenters. The van der Waals surface area contributed by atoms with Crippen LogP contribution in [0.15, 0.2) is 29.1 Å². The average molecular weight is 365 g/mol. The van der Waals surface area contributed by atoms with Gasteiger partial charge in [0, 0.05) is 34.6 Å². The smallest absolute Gasteiger partial charge is 0.231 e. The lowest BCUT2D eigenvalue weighted by molar-refractivity contribution is -0.118. The summed E-state index contributed by atoms with van der Waals surface area (Å²) in [6.07, 6.45) is 0. The topological polar surface area (TPSA) is 84.2 Å². The van der Waals surface area contributed by atoms with E-state index in [-0.39, 0.29) is 12.5 Å². The first-order valence-electron chi connectivity index (χ1n) is 7.29. The summed E-state index contributed by atoms with van der Waals surface area (Å²) in [5, 5.41) is 3.48. The van der Waals surface area contributed by atoms with E-state index < -0.39 is 0 Å². The number of nitrogens with zero attached hydrogens (tertiary/aromatic N) is 2. The Morgan fingerprint density at radius 3 is 3.00 bits per heavy atom. The third-order valence-electron chi connectivity index (χ3n) is 3.45. The first-order valence-corrected chi connectivity index (χ1v) is 8.61. The molecule has 0 spiro atoms. The number of carbonyl (C=O) groups is 1. The summed E-state index contributed by atoms with van der Waals surface area (Å²) in [5.74, 6) is 0.255. The van der Waals surface area contributed by atoms with Crippen molar-refractivity contribution in [1.82, 2.24) is 14.9 Å². The molecule has 1 amide bonds. The number of fused-ring (bicyclic) bond motifs is 1. The van der Waals surface area contributed by atoms with E-state index >= 15 is 0 Å². The maximum Gasteiger partial charge on any atom is 0.231 e. The monoisotopic (exact) mass is 364 g/mol. The largest absolute Gasteiger partial charge is 0.486 e. The lowest BCUT2D eigenvalue weighted by Crippen LogP contribution is -2.30. The molecule has 0 saturated carbocycles. The zero-order valence-corrected chi connectivity index (χ0v) is 14.7. The van der Waals surface area contributed by atoms with Crippen LogP contribution in [0.2, 0.25) is 5.02 Å².